The van der Waals surface area contributed by atoms with Crippen LogP contribution in [-0.4, -0.2) is 167 Å². The molecule has 13 nitrogen and oxygen atoms in total. The molecule has 101 heavy (non-hydrogen) atoms. The summed E-state index contributed by atoms with van der Waals surface area (Å²) in [6, 6.07) is 1.75. The van der Waals surface area contributed by atoms with Gasteiger partial charge in [0, 0.05) is 159 Å². The van der Waals surface area contributed by atoms with Crippen LogP contribution in [0.3, 0.4) is 0 Å². The van der Waals surface area contributed by atoms with Crippen molar-refractivity contribution in [3.05, 3.63) is 61.3 Å². The average molecular weight is 3090 g/mol. The Kier molecular flexibility index (Phi) is 127. The van der Waals surface area contributed by atoms with E-state index in [1.54, 1.807) is 26.3 Å². The van der Waals surface area contributed by atoms with E-state index in [4.69, 9.17) is 43.9 Å². The fourth-order valence-corrected chi connectivity index (χ4v) is 44.4. The van der Waals surface area contributed by atoms with Gasteiger partial charge in [-0.2, -0.15) is 50.0 Å². The van der Waals surface area contributed by atoms with Crippen LogP contribution in [0.1, 0.15) is 87.0 Å². The van der Waals surface area contributed by atoms with Crippen molar-refractivity contribution < 1.29 is 217 Å². The molecule has 0 aliphatic heterocycles. The van der Waals surface area contributed by atoms with Gasteiger partial charge in [0.1, 0.15) is 6.36 Å². The SMILES string of the molecule is C.C.CCC.CCOC[Si](C)(C)O[Si](C)(C)O[Si](C)(C)C.CO[Si](CC[Si](C)(C)O[Si](C)(C[Si](C)(C)C)O[Si](C)(C)C)(OC)OC.FC(F)(F)COC(F)(F)F.FC(F)=C(F)F.FCF.FO[C-](F)C(F)(F)F.[CH2-]CCCCCO[CH2-].[CH2-]CCOCCCOCC[CH2-].[CH3-].[CH3-].[Rf].[Rf].[Rf].[W].[W].[W].[W]. The van der Waals surface area contributed by atoms with E-state index in [0.717, 1.165) is 95.7 Å². The molecular formula is C56H128F17O13Rf3Si8W4-7. The molecule has 45 heteroatoms. The minimum Gasteiger partial charge on any atom is -0.555 e. The molecule has 0 bridgehead atoms. The molecule has 618 valence electrons. The molecule has 0 radical (unpaired) electrons. The Morgan fingerprint density at radius 3 is 1.09 bits per heavy atom. The molecule has 0 fully saturated rings. The molecule has 0 heterocycles. The van der Waals surface area contributed by atoms with Crippen molar-refractivity contribution in [3.8, 4) is 0 Å². The second kappa shape index (κ2) is 83.6. The van der Waals surface area contributed by atoms with Crippen molar-refractivity contribution in [2.24, 2.45) is 0 Å². The summed E-state index contributed by atoms with van der Waals surface area (Å²) < 4.78 is 245. The summed E-state index contributed by atoms with van der Waals surface area (Å²) in [7, 11) is -6.53. The maximum atomic E-state index is 11.0. The van der Waals surface area contributed by atoms with Crippen molar-refractivity contribution in [1.82, 2.24) is 0 Å². The Morgan fingerprint density at radius 1 is 0.495 bits per heavy atom. The van der Waals surface area contributed by atoms with Crippen molar-refractivity contribution >= 4 is 67.3 Å². The van der Waals surface area contributed by atoms with Crippen molar-refractivity contribution in [2.45, 2.75) is 228 Å². The fraction of sp³-hybridized carbons (Fsp3) is 0.839. The molecule has 1 atom stereocenters. The Bertz CT molecular complexity index is 1580. The van der Waals surface area contributed by atoms with Gasteiger partial charge in [-0.25, -0.2) is 29.1 Å². The largest absolute Gasteiger partial charge is 0.555 e. The summed E-state index contributed by atoms with van der Waals surface area (Å²) in [4.78, 5) is 1.74. The first kappa shape index (κ1) is 154. The van der Waals surface area contributed by atoms with Crippen LogP contribution >= 0.6 is 0 Å². The fourth-order valence-electron chi connectivity index (χ4n) is 6.59. The van der Waals surface area contributed by atoms with Crippen molar-refractivity contribution in [3.63, 3.8) is 0 Å². The summed E-state index contributed by atoms with van der Waals surface area (Å²) in [5, 5.41) is 0. The number of ether oxygens (including phenoxy) is 5. The van der Waals surface area contributed by atoms with Gasteiger partial charge in [-0.1, -0.05) is 72.1 Å². The molecule has 0 rings (SSSR count). The van der Waals surface area contributed by atoms with E-state index in [1.165, 1.54) is 19.3 Å². The zero-order valence-corrected chi connectivity index (χ0v) is 102. The molecule has 0 aromatic heterocycles. The van der Waals surface area contributed by atoms with Crippen LogP contribution in [0.4, 0.5) is 74.8 Å². The quantitative estimate of drug-likeness (QED) is 0.0263. The third kappa shape index (κ3) is 139. The van der Waals surface area contributed by atoms with Crippen LogP contribution in [0.2, 0.25) is 123 Å². The maximum Gasteiger partial charge on any atom is 0.522 e. The second-order valence-electron chi connectivity index (χ2n) is 23.5. The molecule has 0 amide bonds. The van der Waals surface area contributed by atoms with Gasteiger partial charge in [-0.05, 0) is 117 Å². The Labute approximate surface area is 649 Å². The first-order chi connectivity index (χ1) is 40.5. The number of hydrogen-bond donors (Lipinski definition) is 0. The normalized spacial score (nSPS) is 11.5. The van der Waals surface area contributed by atoms with Crippen molar-refractivity contribution in [2.75, 3.05) is 80.7 Å². The van der Waals surface area contributed by atoms with E-state index in [0.29, 0.717) is 0 Å². The molecule has 0 aromatic rings. The van der Waals surface area contributed by atoms with E-state index >= 15 is 0 Å². The first-order valence-corrected chi connectivity index (χ1v) is 52.6. The Morgan fingerprint density at radius 2 is 0.861 bits per heavy atom. The van der Waals surface area contributed by atoms with Gasteiger partial charge in [-0.15, -0.1) is 13.2 Å². The van der Waals surface area contributed by atoms with Gasteiger partial charge >= 0.3 is 56.8 Å². The third-order valence-corrected chi connectivity index (χ3v) is 37.7. The summed E-state index contributed by atoms with van der Waals surface area (Å²) in [6.45, 7) is 54.1. The molecule has 0 N–H and O–H groups in total. The minimum absolute atomic E-state index is 0. The maximum absolute atomic E-state index is 11.0. The van der Waals surface area contributed by atoms with Gasteiger partial charge < -0.3 is 93.6 Å². The summed E-state index contributed by atoms with van der Waals surface area (Å²) >= 11 is 0. The van der Waals surface area contributed by atoms with E-state index in [1.807, 2.05) is 6.92 Å². The monoisotopic (exact) mass is 3090 g/mol. The standard InChI is InChI=1S/C15H42O5Si5.C10H28O3Si3.C9H18O2.C7H14O.C3H2F6O.C3H8.C2F5O.C2F4.CH2F2.2CH4.2CH3.3Rf.4W/c1-16-25(17-2,18-3)14-13-23(10,11)20-24(12,15-21(4,5)6)19-22(7,8)9;1-9-11-10-15(5,6)13-16(7,8)12-14(2,3)4;1-3-6-10-8-5-9-11-7-4-2;1-3-4-5-6-7-8-2;4-2(5,6)1-10-3(7,8)9;1-3-2;3-1(8-7)2(4,5)6;3-1(4)2(5)6;2-1-3;;;;;;;;;;;/h13-15H2,1-12H3;9-10H2,1-8H3;1-9H2;1-7H2;1H2;3H2,1-2H3;;;1H2;2*1H4;2*1H3;;;;;;;/q;;2*-2;;;-1;;;;;2*-1;;;;;;;. The zero-order valence-electron chi connectivity index (χ0n) is 63.5. The van der Waals surface area contributed by atoms with E-state index in [2.05, 4.69) is 156 Å². The molecule has 0 aliphatic rings. The topological polar surface area (TPSA) is 120 Å². The summed E-state index contributed by atoms with van der Waals surface area (Å²) in [6.07, 6.45) is -15.1. The van der Waals surface area contributed by atoms with Crippen LogP contribution in [0.25, 0.3) is 0 Å². The molecule has 0 spiro atoms. The Balaban J connectivity index is -0.0000000426. The van der Waals surface area contributed by atoms with Gasteiger partial charge in [0.15, 0.2) is 31.6 Å². The summed E-state index contributed by atoms with van der Waals surface area (Å²) in [5.41, 5.74) is 1.14. The van der Waals surface area contributed by atoms with Crippen LogP contribution in [0, 0.1) is 49.1 Å². The molecule has 0 saturated heterocycles. The van der Waals surface area contributed by atoms with Crippen LogP contribution < -0.4 is 0 Å². The predicted octanol–water partition coefficient (Wildman–Crippen LogP) is 22.7. The number of rotatable bonds is 34. The van der Waals surface area contributed by atoms with Crippen LogP contribution in [0.15, 0.2) is 12.2 Å². The molecule has 0 aliphatic carbocycles. The number of unbranched alkanes of at least 4 members (excludes halogenated alkanes) is 3. The molecule has 1 unspecified atom stereocenters. The van der Waals surface area contributed by atoms with Crippen molar-refractivity contribution in [1.29, 1.82) is 0 Å². The van der Waals surface area contributed by atoms with Gasteiger partial charge in [0.25, 0.3) is 0 Å². The number of hydrogen-bond acceptors (Lipinski definition) is 13. The average Bonchev–Trinajstić information content (AvgIpc) is 3.35. The van der Waals surface area contributed by atoms with Gasteiger partial charge in [0.2, 0.25) is 15.2 Å². The van der Waals surface area contributed by atoms with Crippen LogP contribution in [0.5, 0.6) is 0 Å². The second-order valence-corrected chi connectivity index (χ2v) is 57.7. The zero-order chi connectivity index (χ0) is 73.6. The van der Waals surface area contributed by atoms with Gasteiger partial charge in [-0.3, -0.25) is 4.74 Å². The summed E-state index contributed by atoms with van der Waals surface area (Å²) in [5.74, 6) is 0. The molecule has 0 aromatic carbocycles. The smallest absolute Gasteiger partial charge is 0.522 e. The first-order valence-electron chi connectivity index (χ1n) is 28.6. The number of alkyl halides is 11. The van der Waals surface area contributed by atoms with E-state index in [9.17, 15) is 74.8 Å². The predicted molar refractivity (Wildman–Crippen MR) is 369 cm³/mol. The van der Waals surface area contributed by atoms with Crippen LogP contribution in [-0.2, 0) is 143 Å². The minimum atomic E-state index is -5.34. The molecule has 0 saturated carbocycles. The third-order valence-electron chi connectivity index (χ3n) is 8.59. The van der Waals surface area contributed by atoms with Gasteiger partial charge in [0.05, 0.1) is 6.23 Å². The Hall–Kier alpha value is -0.482. The molecular weight excluding hydrogens is 2960 g/mol. The van der Waals surface area contributed by atoms with E-state index < -0.39 is 118 Å². The number of halogens is 17. The van der Waals surface area contributed by atoms with E-state index in [-0.39, 0.29) is 114 Å².